The minimum atomic E-state index is -0.472. The van der Waals surface area contributed by atoms with Crippen LogP contribution in [0, 0.1) is 5.92 Å². The SMILES string of the molecule is COCCOc1ccc(C(C)NC(=O)C2CC(=O)N(c3ccc(OC)cc3OC)C2)cc1OC. The highest BCUT2D eigenvalue weighted by Crippen LogP contribution is 2.36. The summed E-state index contributed by atoms with van der Waals surface area (Å²) in [7, 11) is 6.28. The molecule has 1 aliphatic rings. The molecule has 0 radical (unpaired) electrons. The lowest BCUT2D eigenvalue weighted by atomic mass is 10.0. The van der Waals surface area contributed by atoms with Gasteiger partial charge in [-0.15, -0.1) is 0 Å². The highest BCUT2D eigenvalue weighted by Gasteiger charge is 2.36. The molecule has 9 nitrogen and oxygen atoms in total. The van der Waals surface area contributed by atoms with Crippen molar-refractivity contribution < 1.29 is 33.3 Å². The molecular weight excluding hydrogens is 440 g/mol. The molecule has 2 unspecified atom stereocenters. The number of anilines is 1. The predicted octanol–water partition coefficient (Wildman–Crippen LogP) is 2.97. The van der Waals surface area contributed by atoms with Crippen LogP contribution in [0.5, 0.6) is 23.0 Å². The topological polar surface area (TPSA) is 95.6 Å². The third-order valence-electron chi connectivity index (χ3n) is 5.76. The highest BCUT2D eigenvalue weighted by molar-refractivity contribution is 6.01. The third kappa shape index (κ3) is 5.72. The molecule has 0 spiro atoms. The Hall–Kier alpha value is -3.46. The van der Waals surface area contributed by atoms with E-state index in [1.165, 1.54) is 7.11 Å². The van der Waals surface area contributed by atoms with E-state index in [-0.39, 0.29) is 30.8 Å². The molecule has 0 aliphatic carbocycles. The molecule has 34 heavy (non-hydrogen) atoms. The zero-order valence-corrected chi connectivity index (χ0v) is 20.3. The van der Waals surface area contributed by atoms with Crippen molar-refractivity contribution in [2.45, 2.75) is 19.4 Å². The van der Waals surface area contributed by atoms with Gasteiger partial charge in [0.15, 0.2) is 11.5 Å². The van der Waals surface area contributed by atoms with Gasteiger partial charge in [0.05, 0.1) is 45.6 Å². The van der Waals surface area contributed by atoms with E-state index in [9.17, 15) is 9.59 Å². The zero-order chi connectivity index (χ0) is 24.7. The molecule has 0 saturated carbocycles. The Bertz CT molecular complexity index is 1010. The predicted molar refractivity (Wildman–Crippen MR) is 127 cm³/mol. The largest absolute Gasteiger partial charge is 0.497 e. The second-order valence-corrected chi connectivity index (χ2v) is 7.93. The van der Waals surface area contributed by atoms with Crippen LogP contribution in [0.15, 0.2) is 36.4 Å². The Labute approximate surface area is 199 Å². The van der Waals surface area contributed by atoms with E-state index in [1.807, 2.05) is 25.1 Å². The standard InChI is InChI=1S/C25H32N2O7/c1-16(17-6-9-21(23(12-17)33-5)34-11-10-30-2)26-25(29)18-13-24(28)27(15-18)20-8-7-19(31-3)14-22(20)32-4/h6-9,12,14,16,18H,10-11,13,15H2,1-5H3,(H,26,29). The van der Waals surface area contributed by atoms with E-state index in [0.717, 1.165) is 5.56 Å². The molecule has 2 atom stereocenters. The molecule has 1 N–H and O–H groups in total. The average Bonchev–Trinajstić information content (AvgIpc) is 3.25. The van der Waals surface area contributed by atoms with Crippen molar-refractivity contribution >= 4 is 17.5 Å². The second kappa shape index (κ2) is 11.6. The first-order valence-corrected chi connectivity index (χ1v) is 11.0. The molecule has 1 heterocycles. The van der Waals surface area contributed by atoms with Crippen LogP contribution in [0.4, 0.5) is 5.69 Å². The highest BCUT2D eigenvalue weighted by atomic mass is 16.5. The van der Waals surface area contributed by atoms with Gasteiger partial charge >= 0.3 is 0 Å². The summed E-state index contributed by atoms with van der Waals surface area (Å²) in [6.45, 7) is 3.04. The van der Waals surface area contributed by atoms with E-state index in [0.29, 0.717) is 41.9 Å². The van der Waals surface area contributed by atoms with Gasteiger partial charge in [-0.1, -0.05) is 6.07 Å². The molecule has 1 aliphatic heterocycles. The smallest absolute Gasteiger partial charge is 0.227 e. The molecule has 2 aromatic rings. The van der Waals surface area contributed by atoms with Gasteiger partial charge in [-0.2, -0.15) is 0 Å². The van der Waals surface area contributed by atoms with Crippen molar-refractivity contribution in [3.05, 3.63) is 42.0 Å². The summed E-state index contributed by atoms with van der Waals surface area (Å²) < 4.78 is 26.8. The van der Waals surface area contributed by atoms with Gasteiger partial charge in [0.25, 0.3) is 0 Å². The number of benzene rings is 2. The number of carbonyl (C=O) groups excluding carboxylic acids is 2. The average molecular weight is 473 g/mol. The van der Waals surface area contributed by atoms with E-state index in [1.54, 1.807) is 44.4 Å². The molecular formula is C25H32N2O7. The summed E-state index contributed by atoms with van der Waals surface area (Å²) in [4.78, 5) is 27.3. The molecule has 0 bridgehead atoms. The number of ether oxygens (including phenoxy) is 5. The fraction of sp³-hybridized carbons (Fsp3) is 0.440. The minimum Gasteiger partial charge on any atom is -0.497 e. The number of rotatable bonds is 11. The Morgan fingerprint density at radius 2 is 1.76 bits per heavy atom. The van der Waals surface area contributed by atoms with E-state index < -0.39 is 5.92 Å². The van der Waals surface area contributed by atoms with Gasteiger partial charge in [0, 0.05) is 26.1 Å². The van der Waals surface area contributed by atoms with Crippen molar-refractivity contribution in [1.29, 1.82) is 0 Å². The van der Waals surface area contributed by atoms with Crippen molar-refractivity contribution in [1.82, 2.24) is 5.32 Å². The van der Waals surface area contributed by atoms with E-state index in [4.69, 9.17) is 23.7 Å². The summed E-state index contributed by atoms with van der Waals surface area (Å²) in [5.41, 5.74) is 1.48. The number of hydrogen-bond acceptors (Lipinski definition) is 7. The summed E-state index contributed by atoms with van der Waals surface area (Å²) in [6.07, 6.45) is 0.128. The number of amides is 2. The van der Waals surface area contributed by atoms with Crippen molar-refractivity contribution in [3.8, 4) is 23.0 Å². The molecule has 2 aromatic carbocycles. The fourth-order valence-electron chi connectivity index (χ4n) is 3.85. The second-order valence-electron chi connectivity index (χ2n) is 7.93. The van der Waals surface area contributed by atoms with Crippen LogP contribution in [0.25, 0.3) is 0 Å². The number of nitrogens with zero attached hydrogens (tertiary/aromatic N) is 1. The molecule has 0 aromatic heterocycles. The lowest BCUT2D eigenvalue weighted by molar-refractivity contribution is -0.126. The number of nitrogens with one attached hydrogen (secondary N) is 1. The van der Waals surface area contributed by atoms with Gasteiger partial charge < -0.3 is 33.9 Å². The maximum absolute atomic E-state index is 13.0. The van der Waals surface area contributed by atoms with E-state index >= 15 is 0 Å². The molecule has 1 fully saturated rings. The summed E-state index contributed by atoms with van der Waals surface area (Å²) >= 11 is 0. The minimum absolute atomic E-state index is 0.128. The van der Waals surface area contributed by atoms with Crippen LogP contribution >= 0.6 is 0 Å². The fourth-order valence-corrected chi connectivity index (χ4v) is 3.85. The van der Waals surface area contributed by atoms with Crippen molar-refractivity contribution in [3.63, 3.8) is 0 Å². The zero-order valence-electron chi connectivity index (χ0n) is 20.3. The Balaban J connectivity index is 1.66. The maximum atomic E-state index is 13.0. The van der Waals surface area contributed by atoms with Gasteiger partial charge in [-0.25, -0.2) is 0 Å². The summed E-state index contributed by atoms with van der Waals surface area (Å²) in [6, 6.07) is 10.5. The quantitative estimate of drug-likeness (QED) is 0.503. The van der Waals surface area contributed by atoms with Crippen LogP contribution < -0.4 is 29.2 Å². The first-order chi connectivity index (χ1) is 16.4. The molecule has 3 rings (SSSR count). The molecule has 2 amide bonds. The van der Waals surface area contributed by atoms with Crippen LogP contribution in [-0.2, 0) is 14.3 Å². The Kier molecular flexibility index (Phi) is 8.59. The Morgan fingerprint density at radius 3 is 2.44 bits per heavy atom. The molecule has 1 saturated heterocycles. The normalized spacial score (nSPS) is 16.2. The van der Waals surface area contributed by atoms with Crippen LogP contribution in [0.3, 0.4) is 0 Å². The first kappa shape index (κ1) is 25.2. The maximum Gasteiger partial charge on any atom is 0.227 e. The third-order valence-corrected chi connectivity index (χ3v) is 5.76. The summed E-state index contributed by atoms with van der Waals surface area (Å²) in [5.74, 6) is 1.53. The molecule has 184 valence electrons. The van der Waals surface area contributed by atoms with Gasteiger partial charge in [-0.05, 0) is 36.8 Å². The Morgan fingerprint density at radius 1 is 1.00 bits per heavy atom. The number of carbonyl (C=O) groups is 2. The number of hydrogen-bond donors (Lipinski definition) is 1. The molecule has 9 heteroatoms. The lowest BCUT2D eigenvalue weighted by Gasteiger charge is -2.21. The van der Waals surface area contributed by atoms with Crippen LogP contribution in [0.2, 0.25) is 0 Å². The van der Waals surface area contributed by atoms with Crippen molar-refractivity contribution in [2.75, 3.05) is 53.1 Å². The van der Waals surface area contributed by atoms with Crippen molar-refractivity contribution in [2.24, 2.45) is 5.92 Å². The van der Waals surface area contributed by atoms with Gasteiger partial charge in [-0.3, -0.25) is 9.59 Å². The van der Waals surface area contributed by atoms with Gasteiger partial charge in [0.1, 0.15) is 18.1 Å². The monoisotopic (exact) mass is 472 g/mol. The first-order valence-electron chi connectivity index (χ1n) is 11.0. The van der Waals surface area contributed by atoms with Gasteiger partial charge in [0.2, 0.25) is 11.8 Å². The van der Waals surface area contributed by atoms with Crippen LogP contribution in [-0.4, -0.2) is 60.0 Å². The van der Waals surface area contributed by atoms with E-state index in [2.05, 4.69) is 5.32 Å². The lowest BCUT2D eigenvalue weighted by Crippen LogP contribution is -2.34. The number of methoxy groups -OCH3 is 4. The summed E-state index contributed by atoms with van der Waals surface area (Å²) in [5, 5.41) is 3.02. The van der Waals surface area contributed by atoms with Crippen LogP contribution in [0.1, 0.15) is 24.9 Å².